The van der Waals surface area contributed by atoms with Crippen LogP contribution in [0.25, 0.3) is 0 Å². The van der Waals surface area contributed by atoms with E-state index in [9.17, 15) is 4.79 Å². The Hall–Kier alpha value is -1.83. The van der Waals surface area contributed by atoms with Gasteiger partial charge in [-0.1, -0.05) is 11.1 Å². The average molecular weight is 178 g/mol. The van der Waals surface area contributed by atoms with Gasteiger partial charge >= 0.3 is 0 Å². The maximum absolute atomic E-state index is 11.4. The highest BCUT2D eigenvalue weighted by atomic mass is 16.2. The van der Waals surface area contributed by atoms with Crippen molar-refractivity contribution < 1.29 is 4.79 Å². The molecule has 5 nitrogen and oxygen atoms in total. The third-order valence-electron chi connectivity index (χ3n) is 1.54. The molecule has 1 heterocycles. The number of aryl methyl sites for hydroxylation is 1. The van der Waals surface area contributed by atoms with E-state index in [4.69, 9.17) is 6.42 Å². The van der Waals surface area contributed by atoms with Crippen molar-refractivity contribution in [2.45, 2.75) is 13.0 Å². The Morgan fingerprint density at radius 1 is 1.85 bits per heavy atom. The van der Waals surface area contributed by atoms with E-state index in [0.29, 0.717) is 5.69 Å². The Morgan fingerprint density at radius 3 is 3.00 bits per heavy atom. The molecule has 1 aromatic rings. The molecular weight excluding hydrogens is 168 g/mol. The summed E-state index contributed by atoms with van der Waals surface area (Å²) >= 11 is 0. The topological polar surface area (TPSA) is 59.8 Å². The van der Waals surface area contributed by atoms with Gasteiger partial charge in [0.1, 0.15) is 5.69 Å². The Morgan fingerprint density at radius 2 is 2.54 bits per heavy atom. The van der Waals surface area contributed by atoms with E-state index in [1.165, 1.54) is 10.9 Å². The number of rotatable bonds is 2. The number of amides is 1. The lowest BCUT2D eigenvalue weighted by Gasteiger charge is -2.06. The molecule has 0 aromatic carbocycles. The quantitative estimate of drug-likeness (QED) is 0.625. The molecule has 0 bridgehead atoms. The van der Waals surface area contributed by atoms with Crippen LogP contribution in [0.1, 0.15) is 17.4 Å². The lowest BCUT2D eigenvalue weighted by molar-refractivity contribution is 0.0938. The van der Waals surface area contributed by atoms with Crippen LogP contribution in [0, 0.1) is 12.3 Å². The lowest BCUT2D eigenvalue weighted by Crippen LogP contribution is -2.32. The number of terminal acetylenes is 1. The fourth-order valence-corrected chi connectivity index (χ4v) is 0.808. The zero-order valence-corrected chi connectivity index (χ0v) is 7.48. The molecule has 1 atom stereocenters. The van der Waals surface area contributed by atoms with Gasteiger partial charge in [0.2, 0.25) is 0 Å². The van der Waals surface area contributed by atoms with Crippen molar-refractivity contribution in [1.29, 1.82) is 0 Å². The highest BCUT2D eigenvalue weighted by Crippen LogP contribution is 1.93. The van der Waals surface area contributed by atoms with E-state index in [0.717, 1.165) is 0 Å². The van der Waals surface area contributed by atoms with Crippen molar-refractivity contribution in [1.82, 2.24) is 20.3 Å². The number of nitrogens with zero attached hydrogens (tertiary/aromatic N) is 3. The van der Waals surface area contributed by atoms with Crippen LogP contribution in [-0.4, -0.2) is 26.9 Å². The maximum Gasteiger partial charge on any atom is 0.272 e. The van der Waals surface area contributed by atoms with E-state index in [-0.39, 0.29) is 11.9 Å². The maximum atomic E-state index is 11.4. The smallest absolute Gasteiger partial charge is 0.272 e. The van der Waals surface area contributed by atoms with Crippen molar-refractivity contribution >= 4 is 5.91 Å². The van der Waals surface area contributed by atoms with E-state index >= 15 is 0 Å². The zero-order valence-electron chi connectivity index (χ0n) is 7.48. The molecule has 0 spiro atoms. The normalized spacial score (nSPS) is 11.8. The van der Waals surface area contributed by atoms with Gasteiger partial charge in [-0.05, 0) is 6.92 Å². The van der Waals surface area contributed by atoms with Crippen molar-refractivity contribution in [3.8, 4) is 12.3 Å². The van der Waals surface area contributed by atoms with Gasteiger partial charge in [-0.3, -0.25) is 4.79 Å². The van der Waals surface area contributed by atoms with Crippen LogP contribution in [0.15, 0.2) is 6.20 Å². The summed E-state index contributed by atoms with van der Waals surface area (Å²) in [6.07, 6.45) is 6.50. The minimum absolute atomic E-state index is 0.266. The van der Waals surface area contributed by atoms with Crippen molar-refractivity contribution in [3.05, 3.63) is 11.9 Å². The van der Waals surface area contributed by atoms with E-state index < -0.39 is 0 Å². The molecule has 0 saturated heterocycles. The van der Waals surface area contributed by atoms with Crippen LogP contribution in [0.2, 0.25) is 0 Å². The molecule has 1 rings (SSSR count). The van der Waals surface area contributed by atoms with Crippen LogP contribution in [0.5, 0.6) is 0 Å². The molecule has 1 aromatic heterocycles. The lowest BCUT2D eigenvalue weighted by atomic mass is 10.3. The molecule has 0 saturated carbocycles. The highest BCUT2D eigenvalue weighted by molar-refractivity contribution is 5.92. The second-order valence-electron chi connectivity index (χ2n) is 2.60. The first kappa shape index (κ1) is 9.26. The van der Waals surface area contributed by atoms with Gasteiger partial charge in [-0.25, -0.2) is 4.68 Å². The number of hydrogen-bond acceptors (Lipinski definition) is 3. The van der Waals surface area contributed by atoms with E-state index in [1.54, 1.807) is 14.0 Å². The van der Waals surface area contributed by atoms with Crippen molar-refractivity contribution in [2.24, 2.45) is 7.05 Å². The minimum Gasteiger partial charge on any atom is -0.337 e. The first-order valence-electron chi connectivity index (χ1n) is 3.77. The minimum atomic E-state index is -0.289. The Labute approximate surface area is 76.1 Å². The van der Waals surface area contributed by atoms with Gasteiger partial charge in [-0.2, -0.15) is 0 Å². The summed E-state index contributed by atoms with van der Waals surface area (Å²) in [6, 6.07) is -0.289. The largest absolute Gasteiger partial charge is 0.337 e. The Bertz CT molecular complexity index is 349. The fraction of sp³-hybridized carbons (Fsp3) is 0.375. The molecule has 1 amide bonds. The number of aromatic nitrogens is 3. The van der Waals surface area contributed by atoms with Crippen LogP contribution in [-0.2, 0) is 7.05 Å². The molecule has 0 aliphatic heterocycles. The van der Waals surface area contributed by atoms with Gasteiger partial charge in [-0.15, -0.1) is 11.5 Å². The molecule has 1 N–H and O–H groups in total. The summed E-state index contributed by atoms with van der Waals surface area (Å²) in [4.78, 5) is 11.4. The first-order valence-corrected chi connectivity index (χ1v) is 3.77. The predicted octanol–water partition coefficient (Wildman–Crippen LogP) is -0.433. The fourth-order valence-electron chi connectivity index (χ4n) is 0.808. The number of carbonyl (C=O) groups is 1. The molecule has 5 heteroatoms. The monoisotopic (exact) mass is 178 g/mol. The van der Waals surface area contributed by atoms with E-state index in [1.807, 2.05) is 0 Å². The third-order valence-corrected chi connectivity index (χ3v) is 1.54. The Kier molecular flexibility index (Phi) is 2.65. The predicted molar refractivity (Wildman–Crippen MR) is 46.8 cm³/mol. The van der Waals surface area contributed by atoms with Crippen LogP contribution >= 0.6 is 0 Å². The number of hydrogen-bond donors (Lipinski definition) is 1. The van der Waals surface area contributed by atoms with Crippen molar-refractivity contribution in [2.75, 3.05) is 0 Å². The van der Waals surface area contributed by atoms with Crippen LogP contribution in [0.4, 0.5) is 0 Å². The zero-order chi connectivity index (χ0) is 9.84. The second-order valence-corrected chi connectivity index (χ2v) is 2.60. The second kappa shape index (κ2) is 3.72. The average Bonchev–Trinajstić information content (AvgIpc) is 2.51. The van der Waals surface area contributed by atoms with Gasteiger partial charge in [0.15, 0.2) is 0 Å². The Balaban J connectivity index is 2.71. The van der Waals surface area contributed by atoms with Crippen molar-refractivity contribution in [3.63, 3.8) is 0 Å². The van der Waals surface area contributed by atoms with Gasteiger partial charge in [0, 0.05) is 7.05 Å². The molecule has 1 unspecified atom stereocenters. The first-order chi connectivity index (χ1) is 6.15. The third kappa shape index (κ3) is 2.06. The van der Waals surface area contributed by atoms with Crippen LogP contribution < -0.4 is 5.32 Å². The summed E-state index contributed by atoms with van der Waals surface area (Å²) in [5.41, 5.74) is 0.391. The molecule has 0 aliphatic carbocycles. The number of nitrogens with one attached hydrogen (secondary N) is 1. The van der Waals surface area contributed by atoms with Crippen LogP contribution in [0.3, 0.4) is 0 Å². The summed E-state index contributed by atoms with van der Waals surface area (Å²) in [5, 5.41) is 9.80. The highest BCUT2D eigenvalue weighted by Gasteiger charge is 2.11. The standard InChI is InChI=1S/C8H10N4O/c1-4-6(2)10-8(13)7-5-9-11-12(7)3/h1,5-6H,2-3H3,(H,10,13). The molecule has 0 fully saturated rings. The summed E-state index contributed by atoms with van der Waals surface area (Å²) in [5.74, 6) is 2.13. The molecule has 0 aliphatic rings. The SMILES string of the molecule is C#CC(C)NC(=O)c1cnnn1C. The molecule has 13 heavy (non-hydrogen) atoms. The summed E-state index contributed by atoms with van der Waals surface area (Å²) in [6.45, 7) is 1.72. The summed E-state index contributed by atoms with van der Waals surface area (Å²) in [7, 11) is 1.64. The molecule has 68 valence electrons. The summed E-state index contributed by atoms with van der Waals surface area (Å²) < 4.78 is 1.39. The molecular formula is C8H10N4O. The van der Waals surface area contributed by atoms with Gasteiger partial charge in [0.05, 0.1) is 12.2 Å². The molecule has 0 radical (unpaired) electrons. The van der Waals surface area contributed by atoms with Gasteiger partial charge < -0.3 is 5.32 Å². The number of carbonyl (C=O) groups excluding carboxylic acids is 1. The van der Waals surface area contributed by atoms with E-state index in [2.05, 4.69) is 21.5 Å². The van der Waals surface area contributed by atoms with Gasteiger partial charge in [0.25, 0.3) is 5.91 Å².